The molecule has 3 aromatic carbocycles. The van der Waals surface area contributed by atoms with Gasteiger partial charge >= 0.3 is 0 Å². The fourth-order valence-corrected chi connectivity index (χ4v) is 6.25. The molecule has 6 nitrogen and oxygen atoms in total. The highest BCUT2D eigenvalue weighted by Gasteiger charge is 2.37. The maximum Gasteiger partial charge on any atom is 0.270 e. The summed E-state index contributed by atoms with van der Waals surface area (Å²) in [7, 11) is 0. The standard InChI is InChI=1S/C29H25N2O4/c1-29(2)15-18-14-19(31(34)35)7-8-21(18)22-9-10-24-23(27(22)29)11-12-26(33)28(24)30-20(16-32)13-17-5-3-4-6-25(17)30/h3-10,14-15,20H,11-13,16H2,1-2H3. The van der Waals surface area contributed by atoms with Crippen molar-refractivity contribution in [2.24, 2.45) is 0 Å². The van der Waals surface area contributed by atoms with E-state index < -0.39 is 0 Å². The van der Waals surface area contributed by atoms with Crippen LogP contribution in [0.4, 0.5) is 11.4 Å². The van der Waals surface area contributed by atoms with E-state index in [0.717, 1.165) is 43.3 Å². The molecule has 6 heteroatoms. The molecule has 1 heterocycles. The first-order chi connectivity index (χ1) is 16.8. The van der Waals surface area contributed by atoms with Gasteiger partial charge in [-0.15, -0.1) is 0 Å². The summed E-state index contributed by atoms with van der Waals surface area (Å²) in [5.41, 5.74) is 4.67. The van der Waals surface area contributed by atoms with Crippen LogP contribution >= 0.6 is 0 Å². The number of carbonyl (C=O) groups excluding carboxylic acids is 1. The molecule has 0 N–H and O–H groups in total. The van der Waals surface area contributed by atoms with Crippen LogP contribution in [0.15, 0.2) is 54.6 Å². The monoisotopic (exact) mass is 465 g/mol. The molecule has 0 saturated carbocycles. The van der Waals surface area contributed by atoms with E-state index in [0.29, 0.717) is 25.0 Å². The normalized spacial score (nSPS) is 19.4. The number of hydrogen-bond donors (Lipinski definition) is 0. The zero-order valence-corrected chi connectivity index (χ0v) is 19.7. The van der Waals surface area contributed by atoms with Crippen LogP contribution in [0, 0.1) is 20.6 Å². The van der Waals surface area contributed by atoms with Crippen LogP contribution in [0.1, 0.15) is 37.0 Å². The van der Waals surface area contributed by atoms with Gasteiger partial charge in [0.2, 0.25) is 0 Å². The molecule has 2 aliphatic carbocycles. The van der Waals surface area contributed by atoms with Gasteiger partial charge in [0.25, 0.3) is 5.69 Å². The Morgan fingerprint density at radius 2 is 1.77 bits per heavy atom. The highest BCUT2D eigenvalue weighted by molar-refractivity contribution is 6.20. The van der Waals surface area contributed by atoms with Crippen LogP contribution in [0.25, 0.3) is 11.8 Å². The molecule has 0 amide bonds. The number of nitro benzene ring substituents is 1. The Hall–Kier alpha value is -3.77. The fourth-order valence-electron chi connectivity index (χ4n) is 6.25. The van der Waals surface area contributed by atoms with Crippen LogP contribution in [0.3, 0.4) is 0 Å². The lowest BCUT2D eigenvalue weighted by Crippen LogP contribution is -2.43. The quantitative estimate of drug-likeness (QED) is 0.438. The van der Waals surface area contributed by atoms with Crippen LogP contribution in [0.5, 0.6) is 0 Å². The van der Waals surface area contributed by atoms with Crippen molar-refractivity contribution in [2.75, 3.05) is 11.5 Å². The Labute approximate surface area is 202 Å². The van der Waals surface area contributed by atoms with Gasteiger partial charge in [-0.3, -0.25) is 14.9 Å². The van der Waals surface area contributed by atoms with Crippen LogP contribution in [0.2, 0.25) is 0 Å². The van der Waals surface area contributed by atoms with E-state index in [1.807, 2.05) is 47.4 Å². The molecule has 1 aliphatic heterocycles. The molecular formula is C29H25N2O4. The lowest BCUT2D eigenvalue weighted by Gasteiger charge is -2.33. The second-order valence-corrected chi connectivity index (χ2v) is 10.2. The molecule has 3 aromatic rings. The number of fused-ring (bicyclic) bond motifs is 5. The SMILES string of the molecule is CC1(C)C=c2cc([N+](=O)[O-])ccc2=c2ccc3c(c21)CCC(=O)C=3N1c2ccccc2CC1C[O]. The largest absolute Gasteiger partial charge is 0.332 e. The van der Waals surface area contributed by atoms with E-state index in [1.54, 1.807) is 12.1 Å². The van der Waals surface area contributed by atoms with E-state index in [2.05, 4.69) is 19.9 Å². The van der Waals surface area contributed by atoms with Crippen molar-refractivity contribution in [3.05, 3.63) is 102 Å². The summed E-state index contributed by atoms with van der Waals surface area (Å²) in [5, 5.41) is 27.3. The Balaban J connectivity index is 1.70. The molecular weight excluding hydrogens is 440 g/mol. The van der Waals surface area contributed by atoms with Gasteiger partial charge in [-0.1, -0.05) is 50.3 Å². The van der Waals surface area contributed by atoms with Gasteiger partial charge in [-0.2, -0.15) is 0 Å². The molecule has 6 rings (SSSR count). The van der Waals surface area contributed by atoms with Crippen LogP contribution in [-0.4, -0.2) is 23.4 Å². The van der Waals surface area contributed by atoms with Crippen molar-refractivity contribution in [2.45, 2.75) is 44.6 Å². The number of ketones is 1. The molecule has 0 bridgehead atoms. The van der Waals surface area contributed by atoms with Gasteiger partial charge in [-0.25, -0.2) is 5.11 Å². The molecule has 175 valence electrons. The Bertz CT molecular complexity index is 1650. The molecule has 1 unspecified atom stereocenters. The molecule has 0 aromatic heterocycles. The van der Waals surface area contributed by atoms with E-state index in [-0.39, 0.29) is 34.5 Å². The third-order valence-corrected chi connectivity index (χ3v) is 7.64. The number of Topliss-reactive ketones (excluding diaryl/α,β-unsaturated/α-hetero) is 1. The highest BCUT2D eigenvalue weighted by Crippen LogP contribution is 2.38. The maximum absolute atomic E-state index is 13.4. The minimum Gasteiger partial charge on any atom is -0.332 e. The first kappa shape index (κ1) is 21.7. The summed E-state index contributed by atoms with van der Waals surface area (Å²) < 4.78 is 0. The summed E-state index contributed by atoms with van der Waals surface area (Å²) >= 11 is 0. The van der Waals surface area contributed by atoms with Gasteiger partial charge in [0.05, 0.1) is 16.7 Å². The molecule has 1 atom stereocenters. The number of para-hydroxylation sites is 1. The smallest absolute Gasteiger partial charge is 0.270 e. The van der Waals surface area contributed by atoms with Gasteiger partial charge in [0.1, 0.15) is 6.61 Å². The molecule has 35 heavy (non-hydrogen) atoms. The highest BCUT2D eigenvalue weighted by atomic mass is 16.6. The Morgan fingerprint density at radius 3 is 2.54 bits per heavy atom. The number of benzene rings is 3. The Morgan fingerprint density at radius 1 is 1.03 bits per heavy atom. The van der Waals surface area contributed by atoms with E-state index in [1.165, 1.54) is 0 Å². The third kappa shape index (κ3) is 3.17. The van der Waals surface area contributed by atoms with Crippen molar-refractivity contribution in [3.8, 4) is 0 Å². The average Bonchev–Trinajstić information content (AvgIpc) is 3.21. The molecule has 1 radical (unpaired) electrons. The number of non-ortho nitro benzene ring substituents is 1. The van der Waals surface area contributed by atoms with Gasteiger partial charge in [-0.05, 0) is 57.3 Å². The number of rotatable bonds is 3. The lowest BCUT2D eigenvalue weighted by atomic mass is 9.74. The lowest BCUT2D eigenvalue weighted by molar-refractivity contribution is -0.385. The number of nitro groups is 1. The number of hydrogen-bond acceptors (Lipinski definition) is 4. The second kappa shape index (κ2) is 7.62. The van der Waals surface area contributed by atoms with E-state index >= 15 is 0 Å². The van der Waals surface area contributed by atoms with E-state index in [4.69, 9.17) is 0 Å². The minimum absolute atomic E-state index is 0.0706. The predicted molar refractivity (Wildman–Crippen MR) is 133 cm³/mol. The van der Waals surface area contributed by atoms with Crippen molar-refractivity contribution >= 4 is 28.9 Å². The molecule has 3 aliphatic rings. The summed E-state index contributed by atoms with van der Waals surface area (Å²) in [6, 6.07) is 16.7. The molecule has 0 fully saturated rings. The maximum atomic E-state index is 13.4. The average molecular weight is 466 g/mol. The fraction of sp³-hybridized carbons (Fsp3) is 0.276. The van der Waals surface area contributed by atoms with Gasteiger partial charge in [0, 0.05) is 34.9 Å². The predicted octanol–water partition coefficient (Wildman–Crippen LogP) is 3.44. The first-order valence-electron chi connectivity index (χ1n) is 12.0. The number of anilines is 1. The number of carbonyl (C=O) groups is 1. The van der Waals surface area contributed by atoms with Crippen LogP contribution in [-0.2, 0) is 28.2 Å². The minimum atomic E-state index is -0.380. The zero-order chi connectivity index (χ0) is 24.5. The Kier molecular flexibility index (Phi) is 4.73. The zero-order valence-electron chi connectivity index (χ0n) is 19.7. The van der Waals surface area contributed by atoms with Crippen molar-refractivity contribution in [1.82, 2.24) is 0 Å². The van der Waals surface area contributed by atoms with Gasteiger partial charge < -0.3 is 4.90 Å². The van der Waals surface area contributed by atoms with Crippen LogP contribution < -0.4 is 15.3 Å². The van der Waals surface area contributed by atoms with Crippen molar-refractivity contribution in [3.63, 3.8) is 0 Å². The first-order valence-corrected chi connectivity index (χ1v) is 12.0. The van der Waals surface area contributed by atoms with Gasteiger partial charge in [0.15, 0.2) is 5.78 Å². The van der Waals surface area contributed by atoms with Crippen molar-refractivity contribution in [1.29, 1.82) is 0 Å². The van der Waals surface area contributed by atoms with E-state index in [9.17, 15) is 20.0 Å². The van der Waals surface area contributed by atoms with Crippen molar-refractivity contribution < 1.29 is 14.8 Å². The topological polar surface area (TPSA) is 83.3 Å². The number of nitrogens with zero attached hydrogens (tertiary/aromatic N) is 2. The summed E-state index contributed by atoms with van der Waals surface area (Å²) in [6.07, 6.45) is 3.77. The summed E-state index contributed by atoms with van der Waals surface area (Å²) in [5.74, 6) is 0.0706. The summed E-state index contributed by atoms with van der Waals surface area (Å²) in [4.78, 5) is 26.4. The second-order valence-electron chi connectivity index (χ2n) is 10.2. The molecule has 0 spiro atoms. The third-order valence-electron chi connectivity index (χ3n) is 7.64. The molecule has 0 saturated heterocycles. The summed E-state index contributed by atoms with van der Waals surface area (Å²) in [6.45, 7) is 3.96.